The Morgan fingerprint density at radius 2 is 2.03 bits per heavy atom. The average molecular weight is 455 g/mol. The van der Waals surface area contributed by atoms with Crippen LogP contribution in [0.25, 0.3) is 0 Å². The van der Waals surface area contributed by atoms with E-state index in [0.717, 1.165) is 24.4 Å². The molecule has 2 saturated heterocycles. The highest BCUT2D eigenvalue weighted by Gasteiger charge is 2.87. The Balaban J connectivity index is 1.71. The van der Waals surface area contributed by atoms with Gasteiger partial charge in [0.25, 0.3) is 0 Å². The molecule has 8 heteroatoms. The monoisotopic (exact) mass is 454 g/mol. The predicted molar refractivity (Wildman–Crippen MR) is 119 cm³/mol. The van der Waals surface area contributed by atoms with E-state index in [1.54, 1.807) is 7.11 Å². The lowest BCUT2D eigenvalue weighted by atomic mass is 9.48. The second kappa shape index (κ2) is 6.44. The fourth-order valence-corrected chi connectivity index (χ4v) is 8.23. The number of rotatable bonds is 4. The molecule has 2 bridgehead atoms. The van der Waals surface area contributed by atoms with Crippen LogP contribution in [0.15, 0.2) is 30.5 Å². The number of anilines is 1. The zero-order chi connectivity index (χ0) is 23.3. The highest BCUT2D eigenvalue weighted by atomic mass is 16.6. The van der Waals surface area contributed by atoms with Crippen molar-refractivity contribution in [2.45, 2.75) is 62.0 Å². The molecular weight excluding hydrogens is 424 g/mol. The van der Waals surface area contributed by atoms with E-state index in [4.69, 9.17) is 18.9 Å². The van der Waals surface area contributed by atoms with Gasteiger partial charge in [-0.1, -0.05) is 13.0 Å². The van der Waals surface area contributed by atoms with E-state index >= 15 is 0 Å². The first kappa shape index (κ1) is 20.8. The van der Waals surface area contributed by atoms with Crippen LogP contribution in [0.2, 0.25) is 0 Å². The minimum absolute atomic E-state index is 0.0109. The van der Waals surface area contributed by atoms with Crippen LogP contribution < -0.4 is 9.64 Å². The minimum atomic E-state index is -1.46. The second-order valence-corrected chi connectivity index (χ2v) is 9.95. The number of hydrogen-bond acceptors (Lipinski definition) is 8. The standard InChI is InChI=1S/C25H30N2O6/c1-6-23-18-9-11-27-12-10-24(19(23)27)16-8-7-15(30-4)13-17(16)26(3)20(24)25(33-18,22(29)31-5)21(23)32-14(2)28/h7-9,11,13,18-21H,6,10,12H2,1-5H3/t18?,19?,20?,21-,23-,24-,25+/m1/s1. The summed E-state index contributed by atoms with van der Waals surface area (Å²) in [6.45, 7) is 4.36. The molecule has 5 aliphatic rings. The van der Waals surface area contributed by atoms with E-state index in [1.807, 2.05) is 25.3 Å². The minimum Gasteiger partial charge on any atom is -0.497 e. The maximum atomic E-state index is 13.8. The summed E-state index contributed by atoms with van der Waals surface area (Å²) >= 11 is 0. The molecule has 6 rings (SSSR count). The van der Waals surface area contributed by atoms with Gasteiger partial charge < -0.3 is 28.7 Å². The Morgan fingerprint density at radius 1 is 1.24 bits per heavy atom. The van der Waals surface area contributed by atoms with Gasteiger partial charge in [0, 0.05) is 37.7 Å². The summed E-state index contributed by atoms with van der Waals surface area (Å²) in [6.07, 6.45) is 4.58. The summed E-state index contributed by atoms with van der Waals surface area (Å²) in [4.78, 5) is 30.7. The summed E-state index contributed by atoms with van der Waals surface area (Å²) in [5.74, 6) is -0.152. The molecule has 1 saturated carbocycles. The first-order chi connectivity index (χ1) is 15.8. The molecule has 3 fully saturated rings. The molecule has 8 nitrogen and oxygen atoms in total. The molecule has 33 heavy (non-hydrogen) atoms. The third-order valence-corrected chi connectivity index (χ3v) is 9.06. The largest absolute Gasteiger partial charge is 0.497 e. The molecule has 0 aromatic heterocycles. The summed E-state index contributed by atoms with van der Waals surface area (Å²) in [7, 11) is 5.03. The number of likely N-dealkylation sites (N-methyl/N-ethyl adjacent to an activating group) is 1. The second-order valence-electron chi connectivity index (χ2n) is 9.95. The lowest BCUT2D eigenvalue weighted by molar-refractivity contribution is -0.198. The summed E-state index contributed by atoms with van der Waals surface area (Å²) < 4.78 is 23.8. The Hall–Kier alpha value is -2.74. The normalized spacial score (nSPS) is 41.0. The number of methoxy groups -OCH3 is 2. The van der Waals surface area contributed by atoms with Crippen molar-refractivity contribution < 1.29 is 28.5 Å². The lowest BCUT2D eigenvalue weighted by Gasteiger charge is -2.59. The van der Waals surface area contributed by atoms with Crippen molar-refractivity contribution in [3.63, 3.8) is 0 Å². The molecule has 3 unspecified atom stereocenters. The van der Waals surface area contributed by atoms with Gasteiger partial charge in [-0.05, 0) is 36.7 Å². The highest BCUT2D eigenvalue weighted by Crippen LogP contribution is 2.72. The van der Waals surface area contributed by atoms with Crippen LogP contribution in [-0.4, -0.2) is 74.5 Å². The maximum absolute atomic E-state index is 13.8. The van der Waals surface area contributed by atoms with Crippen molar-refractivity contribution in [1.29, 1.82) is 0 Å². The van der Waals surface area contributed by atoms with Crippen molar-refractivity contribution >= 4 is 17.6 Å². The zero-order valence-electron chi connectivity index (χ0n) is 19.7. The molecule has 0 radical (unpaired) electrons. The van der Waals surface area contributed by atoms with Gasteiger partial charge in [0.05, 0.1) is 37.8 Å². The Morgan fingerprint density at radius 3 is 2.70 bits per heavy atom. The molecule has 1 aromatic carbocycles. The molecular formula is C25H30N2O6. The van der Waals surface area contributed by atoms with Crippen LogP contribution in [0.4, 0.5) is 5.69 Å². The van der Waals surface area contributed by atoms with Crippen molar-refractivity contribution in [2.75, 3.05) is 32.7 Å². The molecule has 4 heterocycles. The molecule has 176 valence electrons. The van der Waals surface area contributed by atoms with Crippen LogP contribution in [0.1, 0.15) is 32.3 Å². The van der Waals surface area contributed by atoms with Gasteiger partial charge in [0.15, 0.2) is 6.10 Å². The van der Waals surface area contributed by atoms with E-state index in [1.165, 1.54) is 19.6 Å². The van der Waals surface area contributed by atoms with Crippen molar-refractivity contribution in [3.05, 3.63) is 36.0 Å². The van der Waals surface area contributed by atoms with E-state index in [2.05, 4.69) is 29.0 Å². The van der Waals surface area contributed by atoms with Gasteiger partial charge >= 0.3 is 11.9 Å². The van der Waals surface area contributed by atoms with Crippen molar-refractivity contribution in [2.24, 2.45) is 5.41 Å². The maximum Gasteiger partial charge on any atom is 0.344 e. The molecule has 0 N–H and O–H groups in total. The van der Waals surface area contributed by atoms with E-state index < -0.39 is 40.5 Å². The smallest absolute Gasteiger partial charge is 0.344 e. The predicted octanol–water partition coefficient (Wildman–Crippen LogP) is 2.01. The van der Waals surface area contributed by atoms with Gasteiger partial charge in [-0.3, -0.25) is 4.79 Å². The lowest BCUT2D eigenvalue weighted by Crippen LogP contribution is -2.78. The van der Waals surface area contributed by atoms with Crippen LogP contribution in [0.5, 0.6) is 5.75 Å². The molecule has 7 atom stereocenters. The number of nitrogens with zero attached hydrogens (tertiary/aromatic N) is 2. The fraction of sp³-hybridized carbons (Fsp3) is 0.600. The van der Waals surface area contributed by atoms with Crippen LogP contribution >= 0.6 is 0 Å². The highest BCUT2D eigenvalue weighted by molar-refractivity contribution is 5.88. The SMILES string of the molecule is CC[C@]12C3C=CN4CC[C@@]5(c6ccc(OC)cc6N(C)C5[C@](C(=O)OC)(O3)[C@@H]1OC(C)=O)C42. The van der Waals surface area contributed by atoms with Gasteiger partial charge in [0.1, 0.15) is 5.75 Å². The first-order valence-electron chi connectivity index (χ1n) is 11.6. The number of hydrogen-bond donors (Lipinski definition) is 0. The van der Waals surface area contributed by atoms with Gasteiger partial charge in [-0.2, -0.15) is 0 Å². The molecule has 4 aliphatic heterocycles. The first-order valence-corrected chi connectivity index (χ1v) is 11.6. The molecule has 1 spiro atoms. The Bertz CT molecular complexity index is 1090. The summed E-state index contributed by atoms with van der Waals surface area (Å²) in [5, 5.41) is 0. The number of esters is 2. The number of carbonyl (C=O) groups is 2. The number of fused-ring (bicyclic) bond motifs is 3. The quantitative estimate of drug-likeness (QED) is 0.640. The molecule has 0 amide bonds. The third-order valence-electron chi connectivity index (χ3n) is 9.06. The van der Waals surface area contributed by atoms with Gasteiger partial charge in [-0.25, -0.2) is 4.79 Å². The van der Waals surface area contributed by atoms with Crippen molar-refractivity contribution in [1.82, 2.24) is 4.90 Å². The molecule has 1 aliphatic carbocycles. The topological polar surface area (TPSA) is 77.5 Å². The average Bonchev–Trinajstić information content (AvgIpc) is 3.41. The summed E-state index contributed by atoms with van der Waals surface area (Å²) in [6, 6.07) is 5.77. The van der Waals surface area contributed by atoms with Gasteiger partial charge in [-0.15, -0.1) is 0 Å². The number of ether oxygens (including phenoxy) is 4. The third kappa shape index (κ3) is 2.04. The van der Waals surface area contributed by atoms with Crippen LogP contribution in [-0.2, 0) is 29.2 Å². The van der Waals surface area contributed by atoms with E-state index in [0.29, 0.717) is 6.42 Å². The van der Waals surface area contributed by atoms with Crippen molar-refractivity contribution in [3.8, 4) is 5.75 Å². The van der Waals surface area contributed by atoms with Crippen LogP contribution in [0, 0.1) is 5.41 Å². The zero-order valence-corrected chi connectivity index (χ0v) is 19.7. The number of benzene rings is 1. The van der Waals surface area contributed by atoms with Gasteiger partial charge in [0.2, 0.25) is 5.60 Å². The Kier molecular flexibility index (Phi) is 4.06. The van der Waals surface area contributed by atoms with E-state index in [9.17, 15) is 9.59 Å². The molecule has 1 aromatic rings. The van der Waals surface area contributed by atoms with E-state index in [-0.39, 0.29) is 12.1 Å². The summed E-state index contributed by atoms with van der Waals surface area (Å²) in [5.41, 5.74) is -0.223. The number of carbonyl (C=O) groups excluding carboxylic acids is 2. The fourth-order valence-electron chi connectivity index (χ4n) is 8.23. The Labute approximate surface area is 193 Å². The van der Waals surface area contributed by atoms with Crippen LogP contribution in [0.3, 0.4) is 0 Å².